The van der Waals surface area contributed by atoms with E-state index in [9.17, 15) is 4.79 Å². The summed E-state index contributed by atoms with van der Waals surface area (Å²) >= 11 is 0. The largest absolute Gasteiger partial charge is 0.361 e. The summed E-state index contributed by atoms with van der Waals surface area (Å²) in [5, 5.41) is 6.84. The predicted octanol–water partition coefficient (Wildman–Crippen LogP) is 4.26. The SMILES string of the molecule is Cc1noc(C)c1-c1ccc2[nH]c(=O)cc(NN(C)c3ccccc3)c2c1. The first kappa shape index (κ1) is 16.9. The average molecular weight is 360 g/mol. The van der Waals surface area contributed by atoms with Crippen molar-refractivity contribution < 1.29 is 4.52 Å². The molecule has 0 radical (unpaired) electrons. The minimum absolute atomic E-state index is 0.156. The van der Waals surface area contributed by atoms with E-state index in [0.29, 0.717) is 0 Å². The molecule has 0 atom stereocenters. The third kappa shape index (κ3) is 3.17. The van der Waals surface area contributed by atoms with E-state index in [1.165, 1.54) is 0 Å². The molecule has 0 fully saturated rings. The van der Waals surface area contributed by atoms with Gasteiger partial charge >= 0.3 is 0 Å². The van der Waals surface area contributed by atoms with Gasteiger partial charge in [0.25, 0.3) is 5.56 Å². The highest BCUT2D eigenvalue weighted by molar-refractivity contribution is 5.95. The lowest BCUT2D eigenvalue weighted by Gasteiger charge is -2.22. The number of aromatic amines is 1. The topological polar surface area (TPSA) is 74.2 Å². The normalized spacial score (nSPS) is 10.9. The van der Waals surface area contributed by atoms with Crippen LogP contribution in [0.4, 0.5) is 11.4 Å². The number of pyridine rings is 1. The zero-order valence-electron chi connectivity index (χ0n) is 15.4. The molecule has 0 saturated carbocycles. The van der Waals surface area contributed by atoms with E-state index >= 15 is 0 Å². The number of benzene rings is 2. The first-order valence-corrected chi connectivity index (χ1v) is 8.68. The molecular formula is C21H20N4O2. The van der Waals surface area contributed by atoms with Crippen molar-refractivity contribution in [2.75, 3.05) is 17.5 Å². The number of aromatic nitrogens is 2. The molecule has 0 aliphatic heterocycles. The summed E-state index contributed by atoms with van der Waals surface area (Å²) in [5.41, 5.74) is 8.47. The van der Waals surface area contributed by atoms with E-state index in [-0.39, 0.29) is 5.56 Å². The van der Waals surface area contributed by atoms with Gasteiger partial charge < -0.3 is 9.51 Å². The van der Waals surface area contributed by atoms with E-state index in [1.54, 1.807) is 6.07 Å². The van der Waals surface area contributed by atoms with E-state index in [2.05, 4.69) is 15.6 Å². The summed E-state index contributed by atoms with van der Waals surface area (Å²) in [6, 6.07) is 17.4. The highest BCUT2D eigenvalue weighted by Gasteiger charge is 2.14. The van der Waals surface area contributed by atoms with Crippen LogP contribution in [-0.2, 0) is 0 Å². The third-order valence-corrected chi connectivity index (χ3v) is 4.60. The van der Waals surface area contributed by atoms with Gasteiger partial charge in [0.1, 0.15) is 5.76 Å². The molecule has 6 nitrogen and oxygen atoms in total. The van der Waals surface area contributed by atoms with Crippen LogP contribution in [0.3, 0.4) is 0 Å². The molecule has 0 spiro atoms. The molecule has 0 aliphatic carbocycles. The number of aryl methyl sites for hydroxylation is 2. The second-order valence-electron chi connectivity index (χ2n) is 6.51. The molecule has 0 bridgehead atoms. The predicted molar refractivity (Wildman–Crippen MR) is 108 cm³/mol. The van der Waals surface area contributed by atoms with Crippen LogP contribution in [-0.4, -0.2) is 17.2 Å². The van der Waals surface area contributed by atoms with Gasteiger partial charge in [0.05, 0.1) is 22.6 Å². The quantitative estimate of drug-likeness (QED) is 0.532. The minimum atomic E-state index is -0.156. The van der Waals surface area contributed by atoms with Gasteiger partial charge in [-0.1, -0.05) is 29.4 Å². The van der Waals surface area contributed by atoms with Gasteiger partial charge in [0, 0.05) is 24.1 Å². The molecule has 2 N–H and O–H groups in total. The van der Waals surface area contributed by atoms with Crippen molar-refractivity contribution in [1.82, 2.24) is 10.1 Å². The standard InChI is InChI=1S/C21H20N4O2/c1-13-21(14(2)27-24-13)15-9-10-18-17(11-15)19(12-20(26)22-18)23-25(3)16-7-5-4-6-8-16/h4-12H,1-3H3,(H2,22,23,26). The molecule has 2 aromatic carbocycles. The van der Waals surface area contributed by atoms with Gasteiger partial charge in [-0.25, -0.2) is 0 Å². The molecule has 6 heteroatoms. The second kappa shape index (κ2) is 6.64. The molecule has 2 heterocycles. The zero-order valence-corrected chi connectivity index (χ0v) is 15.4. The molecular weight excluding hydrogens is 340 g/mol. The van der Waals surface area contributed by atoms with Crippen molar-refractivity contribution >= 4 is 22.3 Å². The van der Waals surface area contributed by atoms with Gasteiger partial charge in [-0.2, -0.15) is 0 Å². The van der Waals surface area contributed by atoms with Gasteiger partial charge in [-0.3, -0.25) is 15.2 Å². The Kier molecular flexibility index (Phi) is 4.16. The fourth-order valence-electron chi connectivity index (χ4n) is 3.29. The van der Waals surface area contributed by atoms with Crippen molar-refractivity contribution in [1.29, 1.82) is 0 Å². The first-order valence-electron chi connectivity index (χ1n) is 8.68. The van der Waals surface area contributed by atoms with Crippen LogP contribution in [0.25, 0.3) is 22.0 Å². The van der Waals surface area contributed by atoms with E-state index in [4.69, 9.17) is 4.52 Å². The lowest BCUT2D eigenvalue weighted by Crippen LogP contribution is -2.25. The monoisotopic (exact) mass is 360 g/mol. The van der Waals surface area contributed by atoms with Crippen LogP contribution in [0.2, 0.25) is 0 Å². The van der Waals surface area contributed by atoms with Crippen LogP contribution in [0, 0.1) is 13.8 Å². The number of para-hydroxylation sites is 1. The molecule has 27 heavy (non-hydrogen) atoms. The Morgan fingerprint density at radius 3 is 2.56 bits per heavy atom. The summed E-state index contributed by atoms with van der Waals surface area (Å²) in [7, 11) is 1.92. The number of nitrogens with zero attached hydrogens (tertiary/aromatic N) is 2. The number of hydrazine groups is 1. The maximum atomic E-state index is 12.1. The van der Waals surface area contributed by atoms with Crippen molar-refractivity contribution in [2.24, 2.45) is 0 Å². The Labute approximate surface area is 156 Å². The Morgan fingerprint density at radius 1 is 1.07 bits per heavy atom. The zero-order chi connectivity index (χ0) is 19.0. The number of nitrogens with one attached hydrogen (secondary N) is 2. The Balaban J connectivity index is 1.82. The van der Waals surface area contributed by atoms with E-state index in [1.807, 2.05) is 74.4 Å². The van der Waals surface area contributed by atoms with Crippen molar-refractivity contribution in [3.63, 3.8) is 0 Å². The smallest absolute Gasteiger partial charge is 0.250 e. The number of hydrogen-bond donors (Lipinski definition) is 2. The molecule has 0 unspecified atom stereocenters. The number of hydrogen-bond acceptors (Lipinski definition) is 5. The highest BCUT2D eigenvalue weighted by Crippen LogP contribution is 2.31. The summed E-state index contributed by atoms with van der Waals surface area (Å²) < 4.78 is 5.30. The molecule has 4 rings (SSSR count). The maximum Gasteiger partial charge on any atom is 0.250 e. The molecule has 0 amide bonds. The van der Waals surface area contributed by atoms with Gasteiger partial charge in [-0.05, 0) is 43.7 Å². The fraction of sp³-hybridized carbons (Fsp3) is 0.143. The van der Waals surface area contributed by atoms with Gasteiger partial charge in [-0.15, -0.1) is 0 Å². The summed E-state index contributed by atoms with van der Waals surface area (Å²) in [6.07, 6.45) is 0. The molecule has 0 saturated heterocycles. The summed E-state index contributed by atoms with van der Waals surface area (Å²) in [5.74, 6) is 0.771. The van der Waals surface area contributed by atoms with Crippen molar-refractivity contribution in [3.05, 3.63) is 76.4 Å². The molecule has 2 aromatic heterocycles. The Bertz CT molecular complexity index is 1140. The van der Waals surface area contributed by atoms with Crippen molar-refractivity contribution in [3.8, 4) is 11.1 Å². The fourth-order valence-corrected chi connectivity index (χ4v) is 3.29. The van der Waals surface area contributed by atoms with E-state index < -0.39 is 0 Å². The summed E-state index contributed by atoms with van der Waals surface area (Å²) in [4.78, 5) is 15.0. The first-order chi connectivity index (χ1) is 13.0. The van der Waals surface area contributed by atoms with Gasteiger partial charge in [0.2, 0.25) is 0 Å². The van der Waals surface area contributed by atoms with Crippen LogP contribution in [0.5, 0.6) is 0 Å². The second-order valence-corrected chi connectivity index (χ2v) is 6.51. The van der Waals surface area contributed by atoms with Crippen LogP contribution in [0.1, 0.15) is 11.5 Å². The minimum Gasteiger partial charge on any atom is -0.361 e. The summed E-state index contributed by atoms with van der Waals surface area (Å²) in [6.45, 7) is 3.82. The Morgan fingerprint density at radius 2 is 1.85 bits per heavy atom. The number of fused-ring (bicyclic) bond motifs is 1. The van der Waals surface area contributed by atoms with Crippen LogP contribution in [0.15, 0.2) is 63.9 Å². The number of anilines is 2. The number of rotatable bonds is 4. The Hall–Kier alpha value is -3.54. The number of H-pyrrole nitrogens is 1. The molecule has 136 valence electrons. The van der Waals surface area contributed by atoms with Crippen LogP contribution < -0.4 is 16.0 Å². The van der Waals surface area contributed by atoms with Crippen molar-refractivity contribution in [2.45, 2.75) is 13.8 Å². The maximum absolute atomic E-state index is 12.1. The third-order valence-electron chi connectivity index (χ3n) is 4.60. The molecule has 4 aromatic rings. The average Bonchev–Trinajstić information content (AvgIpc) is 3.00. The molecule has 0 aliphatic rings. The lowest BCUT2D eigenvalue weighted by atomic mass is 10.0. The highest BCUT2D eigenvalue weighted by atomic mass is 16.5. The van der Waals surface area contributed by atoms with E-state index in [0.717, 1.165) is 44.9 Å². The lowest BCUT2D eigenvalue weighted by molar-refractivity contribution is 0.393. The van der Waals surface area contributed by atoms with Gasteiger partial charge in [0.15, 0.2) is 0 Å². The van der Waals surface area contributed by atoms with Crippen LogP contribution >= 0.6 is 0 Å².